The third-order valence-electron chi connectivity index (χ3n) is 1.09. The molecule has 54 valence electrons. The van der Waals surface area contributed by atoms with Gasteiger partial charge < -0.3 is 4.74 Å². The summed E-state index contributed by atoms with van der Waals surface area (Å²) in [6, 6.07) is 0. The maximum atomic E-state index is 5.16. The molecule has 1 heterocycles. The zero-order chi connectivity index (χ0) is 7.33. The predicted octanol–water partition coefficient (Wildman–Crippen LogP) is 2.73. The molecule has 0 unspecified atom stereocenters. The zero-order valence-electron chi connectivity index (χ0n) is 6.77. The van der Waals surface area contributed by atoms with Crippen molar-refractivity contribution in [3.8, 4) is 0 Å². The molecular weight excluding hydrogens is 112 g/mol. The van der Waals surface area contributed by atoms with Gasteiger partial charge in [-0.2, -0.15) is 0 Å². The van der Waals surface area contributed by atoms with Crippen molar-refractivity contribution in [2.75, 3.05) is 0 Å². The first-order valence-electron chi connectivity index (χ1n) is 3.53. The second-order valence-corrected chi connectivity index (χ2v) is 2.45. The van der Waals surface area contributed by atoms with Gasteiger partial charge in [0.1, 0.15) is 5.60 Å². The fraction of sp³-hybridized carbons (Fsp3) is 0.750. The molecule has 1 aliphatic heterocycles. The molecule has 9 heavy (non-hydrogen) atoms. The van der Waals surface area contributed by atoms with E-state index < -0.39 is 0 Å². The van der Waals surface area contributed by atoms with Crippen LogP contribution in [0.5, 0.6) is 0 Å². The minimum absolute atomic E-state index is 0.0833. The molecule has 0 bridgehead atoms. The summed E-state index contributed by atoms with van der Waals surface area (Å²) in [7, 11) is 0. The summed E-state index contributed by atoms with van der Waals surface area (Å²) in [6.07, 6.45) is 4.85. The molecule has 0 spiro atoms. The van der Waals surface area contributed by atoms with Gasteiger partial charge in [0.25, 0.3) is 0 Å². The summed E-state index contributed by atoms with van der Waals surface area (Å²) >= 11 is 0. The molecule has 0 aromatic carbocycles. The summed E-state index contributed by atoms with van der Waals surface area (Å²) in [5, 5.41) is 0. The quantitative estimate of drug-likeness (QED) is 0.487. The van der Waals surface area contributed by atoms with Gasteiger partial charge in [-0.1, -0.05) is 13.8 Å². The van der Waals surface area contributed by atoms with Crippen LogP contribution in [0.25, 0.3) is 0 Å². The highest BCUT2D eigenvalue weighted by atomic mass is 16.5. The average molecular weight is 128 g/mol. The molecule has 1 aliphatic rings. The second-order valence-electron chi connectivity index (χ2n) is 2.45. The van der Waals surface area contributed by atoms with Gasteiger partial charge in [-0.15, -0.1) is 0 Å². The van der Waals surface area contributed by atoms with E-state index in [4.69, 9.17) is 4.74 Å². The molecule has 0 amide bonds. The fourth-order valence-electron chi connectivity index (χ4n) is 0.612. The highest BCUT2D eigenvalue weighted by Crippen LogP contribution is 2.20. The zero-order valence-corrected chi connectivity index (χ0v) is 6.77. The maximum Gasteiger partial charge on any atom is 0.106 e. The number of hydrogen-bond donors (Lipinski definition) is 0. The first-order valence-corrected chi connectivity index (χ1v) is 3.53. The van der Waals surface area contributed by atoms with Gasteiger partial charge in [-0.05, 0) is 19.9 Å². The molecule has 0 saturated carbocycles. The Morgan fingerprint density at radius 3 is 2.00 bits per heavy atom. The highest BCUT2D eigenvalue weighted by Gasteiger charge is 2.18. The van der Waals surface area contributed by atoms with E-state index in [0.29, 0.717) is 0 Å². The number of rotatable bonds is 0. The van der Waals surface area contributed by atoms with Gasteiger partial charge in [-0.3, -0.25) is 0 Å². The number of hydrogen-bond acceptors (Lipinski definition) is 1. The normalized spacial score (nSPS) is 20.0. The van der Waals surface area contributed by atoms with Crippen molar-refractivity contribution in [2.24, 2.45) is 0 Å². The first kappa shape index (κ1) is 8.54. The predicted molar refractivity (Wildman–Crippen MR) is 40.3 cm³/mol. The molecule has 0 aromatic rings. The van der Waals surface area contributed by atoms with Crippen LogP contribution in [0.4, 0.5) is 0 Å². The van der Waals surface area contributed by atoms with Crippen LogP contribution in [0, 0.1) is 0 Å². The summed E-state index contributed by atoms with van der Waals surface area (Å²) in [6.45, 7) is 8.15. The molecule has 1 nitrogen and oxygen atoms in total. The van der Waals surface area contributed by atoms with Crippen molar-refractivity contribution in [1.29, 1.82) is 0 Å². The van der Waals surface area contributed by atoms with Crippen molar-refractivity contribution in [3.63, 3.8) is 0 Å². The molecule has 0 radical (unpaired) electrons. The van der Waals surface area contributed by atoms with E-state index in [1.54, 1.807) is 6.26 Å². The molecule has 0 atom stereocenters. The SMILES string of the molecule is CC.CC1(C)CC=CO1. The largest absolute Gasteiger partial charge is 0.495 e. The minimum atomic E-state index is 0.0833. The van der Waals surface area contributed by atoms with Crippen molar-refractivity contribution >= 4 is 0 Å². The van der Waals surface area contributed by atoms with E-state index in [9.17, 15) is 0 Å². The van der Waals surface area contributed by atoms with Crippen LogP contribution < -0.4 is 0 Å². The lowest BCUT2D eigenvalue weighted by Gasteiger charge is -2.15. The van der Waals surface area contributed by atoms with Crippen molar-refractivity contribution in [3.05, 3.63) is 12.3 Å². The van der Waals surface area contributed by atoms with Crippen LogP contribution in [0.1, 0.15) is 34.1 Å². The Balaban J connectivity index is 0.000000291. The highest BCUT2D eigenvalue weighted by molar-refractivity contribution is 4.91. The Bertz CT molecular complexity index is 82.7. The third-order valence-corrected chi connectivity index (χ3v) is 1.09. The minimum Gasteiger partial charge on any atom is -0.495 e. The van der Waals surface area contributed by atoms with E-state index in [1.807, 2.05) is 19.9 Å². The molecule has 0 fully saturated rings. The Hall–Kier alpha value is -0.460. The van der Waals surface area contributed by atoms with E-state index in [2.05, 4.69) is 13.8 Å². The summed E-state index contributed by atoms with van der Waals surface area (Å²) < 4.78 is 5.16. The molecule has 0 aromatic heterocycles. The van der Waals surface area contributed by atoms with E-state index in [-0.39, 0.29) is 5.60 Å². The van der Waals surface area contributed by atoms with Crippen LogP contribution in [0.15, 0.2) is 12.3 Å². The average Bonchev–Trinajstić information content (AvgIpc) is 2.19. The molecule has 1 rings (SSSR count). The van der Waals surface area contributed by atoms with Crippen LogP contribution in [0.3, 0.4) is 0 Å². The Morgan fingerprint density at radius 1 is 1.33 bits per heavy atom. The van der Waals surface area contributed by atoms with Crippen molar-refractivity contribution < 1.29 is 4.74 Å². The third kappa shape index (κ3) is 3.17. The topological polar surface area (TPSA) is 9.23 Å². The second kappa shape index (κ2) is 3.54. The molecule has 0 N–H and O–H groups in total. The van der Waals surface area contributed by atoms with E-state index >= 15 is 0 Å². The van der Waals surface area contributed by atoms with Gasteiger partial charge >= 0.3 is 0 Å². The van der Waals surface area contributed by atoms with Gasteiger partial charge in [0.05, 0.1) is 6.26 Å². The van der Waals surface area contributed by atoms with Crippen LogP contribution >= 0.6 is 0 Å². The van der Waals surface area contributed by atoms with Gasteiger partial charge in [0.15, 0.2) is 0 Å². The van der Waals surface area contributed by atoms with Crippen LogP contribution in [-0.4, -0.2) is 5.60 Å². The smallest absolute Gasteiger partial charge is 0.106 e. The summed E-state index contributed by atoms with van der Waals surface area (Å²) in [4.78, 5) is 0. The Kier molecular flexibility index (Phi) is 3.36. The molecule has 1 heteroatoms. The van der Waals surface area contributed by atoms with Crippen molar-refractivity contribution in [1.82, 2.24) is 0 Å². The Labute approximate surface area is 57.7 Å². The van der Waals surface area contributed by atoms with E-state index in [1.165, 1.54) is 0 Å². The standard InChI is InChI=1S/C6H10O.C2H6/c1-6(2)4-3-5-7-6;1-2/h3,5H,4H2,1-2H3;1-2H3. The van der Waals surface area contributed by atoms with Crippen LogP contribution in [-0.2, 0) is 4.74 Å². The summed E-state index contributed by atoms with van der Waals surface area (Å²) in [5.74, 6) is 0. The maximum absolute atomic E-state index is 5.16. The fourth-order valence-corrected chi connectivity index (χ4v) is 0.612. The monoisotopic (exact) mass is 128 g/mol. The van der Waals surface area contributed by atoms with Crippen molar-refractivity contribution in [2.45, 2.75) is 39.7 Å². The summed E-state index contributed by atoms with van der Waals surface area (Å²) in [5.41, 5.74) is 0.0833. The molecule has 0 aliphatic carbocycles. The lowest BCUT2D eigenvalue weighted by Crippen LogP contribution is -2.15. The van der Waals surface area contributed by atoms with E-state index in [0.717, 1.165) is 6.42 Å². The molecule has 0 saturated heterocycles. The number of ether oxygens (including phenoxy) is 1. The van der Waals surface area contributed by atoms with Gasteiger partial charge in [0.2, 0.25) is 0 Å². The molecular formula is C8H16O. The first-order chi connectivity index (χ1) is 4.21. The lowest BCUT2D eigenvalue weighted by molar-refractivity contribution is 0.0829. The van der Waals surface area contributed by atoms with Crippen LogP contribution in [0.2, 0.25) is 0 Å². The van der Waals surface area contributed by atoms with Gasteiger partial charge in [-0.25, -0.2) is 0 Å². The lowest BCUT2D eigenvalue weighted by atomic mass is 10.1. The Morgan fingerprint density at radius 2 is 1.89 bits per heavy atom. The van der Waals surface area contributed by atoms with Gasteiger partial charge in [0, 0.05) is 6.42 Å².